The van der Waals surface area contributed by atoms with E-state index in [-0.39, 0.29) is 18.9 Å². The molecule has 0 saturated heterocycles. The fraction of sp³-hybridized carbons (Fsp3) is 0.182. The van der Waals surface area contributed by atoms with Crippen molar-refractivity contribution in [2.45, 2.75) is 6.42 Å². The highest BCUT2D eigenvalue weighted by Crippen LogP contribution is 2.18. The first-order valence-electron chi connectivity index (χ1n) is 5.05. The minimum atomic E-state index is -1.08. The van der Waals surface area contributed by atoms with E-state index in [0.29, 0.717) is 10.4 Å². The number of nitrogens with two attached hydrogens (primary N) is 1. The van der Waals surface area contributed by atoms with Crippen molar-refractivity contribution >= 4 is 35.2 Å². The Bertz CT molecular complexity index is 493. The topological polar surface area (TPSA) is 109 Å². The fourth-order valence-corrected chi connectivity index (χ4v) is 1.98. The summed E-state index contributed by atoms with van der Waals surface area (Å²) in [6, 6.07) is 1.65. The van der Waals surface area contributed by atoms with Crippen molar-refractivity contribution in [1.29, 1.82) is 0 Å². The lowest BCUT2D eigenvalue weighted by Crippen LogP contribution is -2.27. The molecule has 0 unspecified atom stereocenters. The summed E-state index contributed by atoms with van der Waals surface area (Å²) >= 11 is 1.20. The van der Waals surface area contributed by atoms with Gasteiger partial charge < -0.3 is 16.2 Å². The van der Waals surface area contributed by atoms with E-state index >= 15 is 0 Å². The number of hydrogen-bond donors (Lipinski definition) is 3. The van der Waals surface area contributed by atoms with Gasteiger partial charge in [0.2, 0.25) is 5.91 Å². The molecule has 96 valence electrons. The normalized spacial score (nSPS) is 10.4. The Kier molecular flexibility index (Phi) is 5.06. The number of nitrogens with one attached hydrogen (secondary N) is 1. The molecule has 0 aliphatic rings. The molecular weight excluding hydrogens is 256 g/mol. The Balaban J connectivity index is 2.66. The molecule has 0 atom stereocenters. The van der Waals surface area contributed by atoms with Gasteiger partial charge in [0, 0.05) is 19.0 Å². The number of carboxylic acids is 1. The molecule has 0 aliphatic heterocycles. The molecule has 0 saturated carbocycles. The van der Waals surface area contributed by atoms with Crippen LogP contribution in [-0.4, -0.2) is 29.4 Å². The maximum absolute atomic E-state index is 11.7. The molecule has 18 heavy (non-hydrogen) atoms. The molecule has 1 heterocycles. The summed E-state index contributed by atoms with van der Waals surface area (Å²) in [7, 11) is 0. The smallest absolute Gasteiger partial charge is 0.328 e. The third-order valence-corrected chi connectivity index (χ3v) is 2.89. The van der Waals surface area contributed by atoms with Crippen molar-refractivity contribution in [3.8, 4) is 0 Å². The Morgan fingerprint density at radius 1 is 1.44 bits per heavy atom. The zero-order valence-electron chi connectivity index (χ0n) is 9.38. The highest BCUT2D eigenvalue weighted by Gasteiger charge is 2.11. The number of amides is 2. The predicted molar refractivity (Wildman–Crippen MR) is 67.1 cm³/mol. The van der Waals surface area contributed by atoms with Gasteiger partial charge in [-0.1, -0.05) is 0 Å². The van der Waals surface area contributed by atoms with Crippen molar-refractivity contribution in [3.05, 3.63) is 28.0 Å². The molecule has 0 bridgehead atoms. The number of carbonyl (C=O) groups is 3. The average molecular weight is 268 g/mol. The first-order chi connectivity index (χ1) is 8.50. The van der Waals surface area contributed by atoms with E-state index in [0.717, 1.165) is 6.08 Å². The van der Waals surface area contributed by atoms with Crippen LogP contribution in [0.4, 0.5) is 0 Å². The second kappa shape index (κ2) is 6.55. The van der Waals surface area contributed by atoms with Crippen LogP contribution < -0.4 is 11.1 Å². The van der Waals surface area contributed by atoms with E-state index in [1.807, 2.05) is 0 Å². The predicted octanol–water partition coefficient (Wildman–Crippen LogP) is 0.451. The fourth-order valence-electron chi connectivity index (χ4n) is 1.18. The Morgan fingerprint density at radius 3 is 2.78 bits per heavy atom. The van der Waals surface area contributed by atoms with Gasteiger partial charge >= 0.3 is 5.97 Å². The maximum Gasteiger partial charge on any atom is 0.328 e. The highest BCUT2D eigenvalue weighted by molar-refractivity contribution is 7.12. The van der Waals surface area contributed by atoms with Crippen LogP contribution in [-0.2, 0) is 9.59 Å². The Morgan fingerprint density at radius 2 is 2.17 bits per heavy atom. The van der Waals surface area contributed by atoms with Crippen molar-refractivity contribution in [2.24, 2.45) is 5.73 Å². The van der Waals surface area contributed by atoms with Gasteiger partial charge in [-0.15, -0.1) is 11.3 Å². The molecule has 6 nitrogen and oxygen atoms in total. The standard InChI is InChI=1S/C11H12N2O4S/c12-8(14)3-5-13-11(17)10-7(4-6-18-10)1-2-9(15)16/h1-2,4,6H,3,5H2,(H2,12,14)(H,13,17)(H,15,16). The number of rotatable bonds is 6. The van der Waals surface area contributed by atoms with Gasteiger partial charge in [0.15, 0.2) is 0 Å². The van der Waals surface area contributed by atoms with Gasteiger partial charge in [0.05, 0.1) is 4.88 Å². The van der Waals surface area contributed by atoms with Gasteiger partial charge in [-0.05, 0) is 23.1 Å². The minimum Gasteiger partial charge on any atom is -0.478 e. The lowest BCUT2D eigenvalue weighted by molar-refractivity contribution is -0.131. The summed E-state index contributed by atoms with van der Waals surface area (Å²) < 4.78 is 0. The molecule has 2 amide bonds. The third-order valence-electron chi connectivity index (χ3n) is 1.96. The van der Waals surface area contributed by atoms with Crippen LogP contribution in [0.1, 0.15) is 21.7 Å². The summed E-state index contributed by atoms with van der Waals surface area (Å²) in [5.74, 6) is -1.93. The highest BCUT2D eigenvalue weighted by atomic mass is 32.1. The average Bonchev–Trinajstić information content (AvgIpc) is 2.73. The number of carboxylic acid groups (broad SMARTS) is 1. The molecule has 0 fully saturated rings. The van der Waals surface area contributed by atoms with Gasteiger partial charge in [-0.25, -0.2) is 4.79 Å². The zero-order chi connectivity index (χ0) is 13.5. The van der Waals surface area contributed by atoms with Gasteiger partial charge in [0.1, 0.15) is 0 Å². The molecule has 1 aromatic heterocycles. The van der Waals surface area contributed by atoms with E-state index in [1.54, 1.807) is 11.4 Å². The summed E-state index contributed by atoms with van der Waals surface area (Å²) in [4.78, 5) is 33.0. The first kappa shape index (κ1) is 13.9. The molecule has 0 aliphatic carbocycles. The van der Waals surface area contributed by atoms with E-state index in [1.165, 1.54) is 17.4 Å². The van der Waals surface area contributed by atoms with Crippen LogP contribution in [0, 0.1) is 0 Å². The van der Waals surface area contributed by atoms with Crippen LogP contribution in [0.3, 0.4) is 0 Å². The van der Waals surface area contributed by atoms with Gasteiger partial charge in [-0.2, -0.15) is 0 Å². The second-order valence-electron chi connectivity index (χ2n) is 3.35. The van der Waals surface area contributed by atoms with Crippen LogP contribution in [0.2, 0.25) is 0 Å². The summed E-state index contributed by atoms with van der Waals surface area (Å²) in [6.07, 6.45) is 2.38. The summed E-state index contributed by atoms with van der Waals surface area (Å²) in [6.45, 7) is 0.161. The van der Waals surface area contributed by atoms with Gasteiger partial charge in [-0.3, -0.25) is 9.59 Å². The number of hydrogen-bond acceptors (Lipinski definition) is 4. The summed E-state index contributed by atoms with van der Waals surface area (Å²) in [5, 5.41) is 12.7. The molecule has 1 aromatic rings. The molecule has 7 heteroatoms. The van der Waals surface area contributed by atoms with E-state index in [2.05, 4.69) is 5.32 Å². The quantitative estimate of drug-likeness (QED) is 0.651. The van der Waals surface area contributed by atoms with E-state index in [9.17, 15) is 14.4 Å². The van der Waals surface area contributed by atoms with Crippen LogP contribution in [0.15, 0.2) is 17.5 Å². The zero-order valence-corrected chi connectivity index (χ0v) is 10.2. The van der Waals surface area contributed by atoms with Crippen LogP contribution in [0.25, 0.3) is 6.08 Å². The number of carbonyl (C=O) groups excluding carboxylic acids is 2. The minimum absolute atomic E-state index is 0.0669. The number of thiophene rings is 1. The van der Waals surface area contributed by atoms with Gasteiger partial charge in [0.25, 0.3) is 5.91 Å². The SMILES string of the molecule is NC(=O)CCNC(=O)c1sccc1C=CC(=O)O. The molecule has 0 spiro atoms. The molecule has 4 N–H and O–H groups in total. The lowest BCUT2D eigenvalue weighted by atomic mass is 10.2. The van der Waals surface area contributed by atoms with E-state index in [4.69, 9.17) is 10.8 Å². The Hall–Kier alpha value is -2.15. The molecule has 0 radical (unpaired) electrons. The van der Waals surface area contributed by atoms with Crippen molar-refractivity contribution in [1.82, 2.24) is 5.32 Å². The van der Waals surface area contributed by atoms with E-state index < -0.39 is 11.9 Å². The summed E-state index contributed by atoms with van der Waals surface area (Å²) in [5.41, 5.74) is 5.47. The van der Waals surface area contributed by atoms with Crippen LogP contribution in [0.5, 0.6) is 0 Å². The number of primary amides is 1. The Labute approximate surface area is 107 Å². The lowest BCUT2D eigenvalue weighted by Gasteiger charge is -2.02. The second-order valence-corrected chi connectivity index (χ2v) is 4.26. The van der Waals surface area contributed by atoms with Crippen molar-refractivity contribution in [2.75, 3.05) is 6.54 Å². The third kappa shape index (κ3) is 4.38. The largest absolute Gasteiger partial charge is 0.478 e. The monoisotopic (exact) mass is 268 g/mol. The number of aliphatic carboxylic acids is 1. The molecule has 0 aromatic carbocycles. The molecule has 1 rings (SSSR count). The van der Waals surface area contributed by atoms with Crippen molar-refractivity contribution < 1.29 is 19.5 Å². The first-order valence-corrected chi connectivity index (χ1v) is 5.93. The molecular formula is C11H12N2O4S. The maximum atomic E-state index is 11.7. The van der Waals surface area contributed by atoms with Crippen molar-refractivity contribution in [3.63, 3.8) is 0 Å². The van der Waals surface area contributed by atoms with Crippen LogP contribution >= 0.6 is 11.3 Å².